The van der Waals surface area contributed by atoms with Crippen LogP contribution in [-0.2, 0) is 65.4 Å². The number of phosphoric ester groups is 2. The number of rotatable bonds is 77. The smallest absolute Gasteiger partial charge is 0.462 e. The van der Waals surface area contributed by atoms with E-state index in [4.69, 9.17) is 37.0 Å². The van der Waals surface area contributed by atoms with Gasteiger partial charge in [0.05, 0.1) is 26.4 Å². The van der Waals surface area contributed by atoms with E-state index >= 15 is 0 Å². The van der Waals surface area contributed by atoms with Gasteiger partial charge >= 0.3 is 39.5 Å². The maximum absolute atomic E-state index is 13.1. The summed E-state index contributed by atoms with van der Waals surface area (Å²) in [6.45, 7) is 4.69. The minimum atomic E-state index is -4.99. The monoisotopic (exact) mass is 1500 g/mol. The number of carbonyl (C=O) groups is 4. The first-order chi connectivity index (χ1) is 50.7. The number of phosphoric acid groups is 2. The van der Waals surface area contributed by atoms with Gasteiger partial charge in [-0.05, 0) is 154 Å². The second-order valence-corrected chi connectivity index (χ2v) is 30.2. The first-order valence-electron chi connectivity index (χ1n) is 41.1. The summed E-state index contributed by atoms with van der Waals surface area (Å²) in [7, 11) is -9.98. The molecular weight excluding hydrogens is 1350 g/mol. The number of esters is 4. The fourth-order valence-electron chi connectivity index (χ4n) is 10.9. The Morgan fingerprint density at radius 2 is 0.500 bits per heavy atom. The second kappa shape index (κ2) is 76.9. The van der Waals surface area contributed by atoms with Crippen LogP contribution in [0.25, 0.3) is 0 Å². The Kier molecular flexibility index (Phi) is 73.7. The fraction of sp³-hybridized carbons (Fsp3) is 0.741. The predicted molar refractivity (Wildman–Crippen MR) is 427 cm³/mol. The molecule has 104 heavy (non-hydrogen) atoms. The number of hydrogen-bond donors (Lipinski definition) is 3. The molecule has 0 saturated heterocycles. The van der Waals surface area contributed by atoms with Crippen molar-refractivity contribution in [3.63, 3.8) is 0 Å². The van der Waals surface area contributed by atoms with Crippen LogP contribution >= 0.6 is 15.6 Å². The highest BCUT2D eigenvalue weighted by atomic mass is 31.2. The van der Waals surface area contributed by atoms with Crippen molar-refractivity contribution < 1.29 is 80.2 Å². The van der Waals surface area contributed by atoms with Crippen LogP contribution < -0.4 is 0 Å². The van der Waals surface area contributed by atoms with E-state index in [9.17, 15) is 43.2 Å². The molecule has 5 atom stereocenters. The van der Waals surface area contributed by atoms with Crippen molar-refractivity contribution >= 4 is 39.5 Å². The van der Waals surface area contributed by atoms with E-state index in [1.807, 2.05) is 0 Å². The number of aliphatic hydroxyl groups excluding tert-OH is 1. The number of ether oxygens (including phenoxy) is 4. The zero-order valence-electron chi connectivity index (χ0n) is 65.7. The van der Waals surface area contributed by atoms with E-state index in [-0.39, 0.29) is 25.7 Å². The number of hydrogen-bond acceptors (Lipinski definition) is 15. The molecule has 0 aromatic heterocycles. The summed E-state index contributed by atoms with van der Waals surface area (Å²) in [4.78, 5) is 73.1. The van der Waals surface area contributed by atoms with Gasteiger partial charge in [0.25, 0.3) is 0 Å². The number of carbonyl (C=O) groups excluding carboxylic acids is 4. The maximum Gasteiger partial charge on any atom is 0.472 e. The molecule has 0 fully saturated rings. The molecule has 17 nitrogen and oxygen atoms in total. The Hall–Kier alpha value is -4.28. The van der Waals surface area contributed by atoms with Crippen molar-refractivity contribution in [2.45, 2.75) is 367 Å². The molecule has 0 aliphatic rings. The van der Waals surface area contributed by atoms with E-state index < -0.39 is 97.5 Å². The van der Waals surface area contributed by atoms with Crippen LogP contribution in [0.5, 0.6) is 0 Å². The van der Waals surface area contributed by atoms with E-state index in [0.29, 0.717) is 25.7 Å². The van der Waals surface area contributed by atoms with E-state index in [1.165, 1.54) is 96.3 Å². The molecule has 0 aromatic carbocycles. The Morgan fingerprint density at radius 1 is 0.279 bits per heavy atom. The van der Waals surface area contributed by atoms with Crippen LogP contribution in [-0.4, -0.2) is 96.7 Å². The Balaban J connectivity index is 5.42. The predicted octanol–water partition coefficient (Wildman–Crippen LogP) is 24.1. The molecule has 0 rings (SSSR count). The molecule has 0 aromatic rings. The fourth-order valence-corrected chi connectivity index (χ4v) is 12.5. The van der Waals surface area contributed by atoms with Crippen LogP contribution in [0.3, 0.4) is 0 Å². The van der Waals surface area contributed by atoms with Crippen LogP contribution in [0.1, 0.15) is 349 Å². The third-order valence-electron chi connectivity index (χ3n) is 17.2. The third-order valence-corrected chi connectivity index (χ3v) is 19.1. The molecule has 600 valence electrons. The average molecular weight is 1500 g/mol. The molecule has 0 aliphatic heterocycles. The van der Waals surface area contributed by atoms with Gasteiger partial charge in [0, 0.05) is 25.7 Å². The van der Waals surface area contributed by atoms with Gasteiger partial charge in [-0.1, -0.05) is 278 Å². The normalized spacial score (nSPS) is 14.4. The molecule has 3 N–H and O–H groups in total. The van der Waals surface area contributed by atoms with E-state index in [0.717, 1.165) is 173 Å². The third kappa shape index (κ3) is 75.9. The Morgan fingerprint density at radius 3 is 0.808 bits per heavy atom. The quantitative estimate of drug-likeness (QED) is 0.0169. The van der Waals surface area contributed by atoms with Crippen molar-refractivity contribution in [1.29, 1.82) is 0 Å². The van der Waals surface area contributed by atoms with Crippen molar-refractivity contribution in [2.75, 3.05) is 39.6 Å². The summed E-state index contributed by atoms with van der Waals surface area (Å²) >= 11 is 0. The summed E-state index contributed by atoms with van der Waals surface area (Å²) < 4.78 is 68.6. The van der Waals surface area contributed by atoms with Crippen molar-refractivity contribution in [2.24, 2.45) is 0 Å². The van der Waals surface area contributed by atoms with Crippen LogP contribution in [0, 0.1) is 0 Å². The van der Waals surface area contributed by atoms with Gasteiger partial charge < -0.3 is 33.8 Å². The number of aliphatic hydroxyl groups is 1. The zero-order valence-corrected chi connectivity index (χ0v) is 67.5. The summed E-state index contributed by atoms with van der Waals surface area (Å²) in [6, 6.07) is 0. The Labute approximate surface area is 632 Å². The first kappa shape index (κ1) is 99.7. The van der Waals surface area contributed by atoms with Crippen molar-refractivity contribution in [3.05, 3.63) is 109 Å². The van der Waals surface area contributed by atoms with Gasteiger partial charge in [-0.2, -0.15) is 0 Å². The number of allylic oxidation sites excluding steroid dienone is 18. The summed E-state index contributed by atoms with van der Waals surface area (Å²) in [5, 5.41) is 10.7. The minimum Gasteiger partial charge on any atom is -0.462 e. The molecule has 0 radical (unpaired) electrons. The second-order valence-electron chi connectivity index (χ2n) is 27.3. The topological polar surface area (TPSA) is 237 Å². The molecular formula is C85H148O17P2. The molecule has 2 unspecified atom stereocenters. The lowest BCUT2D eigenvalue weighted by Crippen LogP contribution is -2.30. The van der Waals surface area contributed by atoms with Crippen LogP contribution in [0.15, 0.2) is 109 Å². The largest absolute Gasteiger partial charge is 0.472 e. The zero-order chi connectivity index (χ0) is 76.0. The highest BCUT2D eigenvalue weighted by molar-refractivity contribution is 7.47. The van der Waals surface area contributed by atoms with Gasteiger partial charge in [-0.3, -0.25) is 37.3 Å². The molecule has 0 bridgehead atoms. The molecule has 19 heteroatoms. The summed E-state index contributed by atoms with van der Waals surface area (Å²) in [6.07, 6.45) is 83.4. The lowest BCUT2D eigenvalue weighted by molar-refractivity contribution is -0.161. The molecule has 0 heterocycles. The lowest BCUT2D eigenvalue weighted by atomic mass is 10.1. The highest BCUT2D eigenvalue weighted by Gasteiger charge is 2.30. The van der Waals surface area contributed by atoms with Gasteiger partial charge in [0.15, 0.2) is 12.2 Å². The standard InChI is InChI=1S/C85H148O17P2/c1-5-9-13-17-21-25-29-33-37-38-39-40-44-48-52-56-60-64-68-72-85(90)102-81(76-96-83(88)70-66-62-58-54-50-46-42-35-31-27-23-19-15-11-7-3)78-100-104(93,94)98-74-79(86)73-97-103(91,92)99-77-80(101-84(89)71-67-63-59-55-51-47-43-36-32-28-24-20-16-12-8-4)75-95-82(87)69-65-61-57-53-49-45-41-34-30-26-22-18-14-10-6-2/h9,13,21,23,25,27,33-37,39-43,48,52,79-81,86H,5-8,10-12,14-20,22,24,26,28-32,38,44-47,49-51,53-78H2,1-4H3,(H,91,92)(H,93,94)/b13-9-,25-21-,27-23-,37-33-,40-39-,41-34-,42-35-,43-36-,52-48-/t79-,80+,81+/m0/s1. The van der Waals surface area contributed by atoms with Gasteiger partial charge in [0.1, 0.15) is 19.3 Å². The van der Waals surface area contributed by atoms with Crippen molar-refractivity contribution in [1.82, 2.24) is 0 Å². The van der Waals surface area contributed by atoms with Gasteiger partial charge in [-0.15, -0.1) is 0 Å². The van der Waals surface area contributed by atoms with Crippen LogP contribution in [0.2, 0.25) is 0 Å². The van der Waals surface area contributed by atoms with E-state index in [1.54, 1.807) is 0 Å². The SMILES string of the molecule is CC/C=C\C/C=C\C/C=C\C/C=C\C/C=C\CCCCCC(=O)O[C@H](COC(=O)CCCCCCC/C=C\C/C=C\CCCCC)COP(=O)(O)OC[C@@H](O)COP(=O)(O)OC[C@@H](COC(=O)CCCCCCC/C=C\CCCCCCCC)OC(=O)CCCCCCC/C=C\CCCCCCCC. The van der Waals surface area contributed by atoms with Crippen LogP contribution in [0.4, 0.5) is 0 Å². The summed E-state index contributed by atoms with van der Waals surface area (Å²) in [5.41, 5.74) is 0. The van der Waals surface area contributed by atoms with Gasteiger partial charge in [0.2, 0.25) is 0 Å². The summed E-state index contributed by atoms with van der Waals surface area (Å²) in [5.74, 6) is -2.23. The highest BCUT2D eigenvalue weighted by Crippen LogP contribution is 2.45. The Bertz CT molecular complexity index is 2390. The molecule has 0 saturated carbocycles. The molecule has 0 amide bonds. The number of unbranched alkanes of at least 4 members (excludes halogenated alkanes) is 33. The molecule has 0 aliphatic carbocycles. The lowest BCUT2D eigenvalue weighted by Gasteiger charge is -2.21. The average Bonchev–Trinajstić information content (AvgIpc) is 0.943. The van der Waals surface area contributed by atoms with Crippen molar-refractivity contribution in [3.8, 4) is 0 Å². The van der Waals surface area contributed by atoms with Gasteiger partial charge in [-0.25, -0.2) is 9.13 Å². The maximum atomic E-state index is 13.1. The minimum absolute atomic E-state index is 0.0513. The molecule has 0 spiro atoms. The van der Waals surface area contributed by atoms with E-state index in [2.05, 4.69) is 137 Å². The first-order valence-corrected chi connectivity index (χ1v) is 44.1.